The van der Waals surface area contributed by atoms with Crippen LogP contribution in [0.4, 0.5) is 0 Å². The van der Waals surface area contributed by atoms with E-state index in [1.807, 2.05) is 12.1 Å². The third-order valence-corrected chi connectivity index (χ3v) is 11.4. The van der Waals surface area contributed by atoms with Crippen LogP contribution in [0.1, 0.15) is 0 Å². The smallest absolute Gasteiger partial charge is 0.143 e. The van der Waals surface area contributed by atoms with Crippen LogP contribution in [-0.2, 0) is 0 Å². The summed E-state index contributed by atoms with van der Waals surface area (Å²) in [5.74, 6) is 0. The van der Waals surface area contributed by atoms with E-state index in [0.29, 0.717) is 0 Å². The SMILES string of the molecule is c1cc(-c2ccc3ccc4c(oc5ccc6ccccc6c54)c3c2)cc(-c2c3ccccc3c(-c3ccc4oc5ccccc5c4c3)c3ccccc23)c1. The molecule has 0 bridgehead atoms. The van der Waals surface area contributed by atoms with Gasteiger partial charge in [0.05, 0.1) is 0 Å². The summed E-state index contributed by atoms with van der Waals surface area (Å²) in [6.45, 7) is 0. The molecule has 0 spiro atoms. The lowest BCUT2D eigenvalue weighted by molar-refractivity contribution is 0.669. The topological polar surface area (TPSA) is 26.3 Å². The second kappa shape index (κ2) is 11.2. The maximum atomic E-state index is 6.64. The Morgan fingerprint density at radius 3 is 1.56 bits per heavy atom. The van der Waals surface area contributed by atoms with Crippen LogP contribution in [0.5, 0.6) is 0 Å². The Bertz CT molecular complexity index is 3450. The van der Waals surface area contributed by atoms with Gasteiger partial charge in [-0.05, 0) is 114 Å². The highest BCUT2D eigenvalue weighted by atomic mass is 16.3. The van der Waals surface area contributed by atoms with Gasteiger partial charge in [0, 0.05) is 26.9 Å². The van der Waals surface area contributed by atoms with E-state index >= 15 is 0 Å². The molecular formula is C52H30O2. The Hall–Kier alpha value is -7.16. The zero-order valence-corrected chi connectivity index (χ0v) is 29.1. The number of furan rings is 2. The quantitative estimate of drug-likeness (QED) is 0.173. The third-order valence-electron chi connectivity index (χ3n) is 11.4. The van der Waals surface area contributed by atoms with E-state index in [4.69, 9.17) is 8.83 Å². The summed E-state index contributed by atoms with van der Waals surface area (Å²) in [5.41, 5.74) is 10.9. The molecule has 10 aromatic carbocycles. The summed E-state index contributed by atoms with van der Waals surface area (Å²) in [4.78, 5) is 0. The third kappa shape index (κ3) is 4.22. The zero-order chi connectivity index (χ0) is 35.3. The fourth-order valence-electron chi connectivity index (χ4n) is 8.99. The van der Waals surface area contributed by atoms with Crippen LogP contribution in [-0.4, -0.2) is 0 Å². The summed E-state index contributed by atoms with van der Waals surface area (Å²) < 4.78 is 12.8. The largest absolute Gasteiger partial charge is 0.456 e. The van der Waals surface area contributed by atoms with Crippen LogP contribution >= 0.6 is 0 Å². The van der Waals surface area contributed by atoms with Crippen LogP contribution in [0.2, 0.25) is 0 Å². The number of hydrogen-bond donors (Lipinski definition) is 0. The molecule has 0 aliphatic rings. The van der Waals surface area contributed by atoms with Crippen molar-refractivity contribution in [1.29, 1.82) is 0 Å². The lowest BCUT2D eigenvalue weighted by atomic mass is 9.85. The molecule has 0 N–H and O–H groups in total. The second-order valence-corrected chi connectivity index (χ2v) is 14.4. The normalized spacial score (nSPS) is 12.1. The lowest BCUT2D eigenvalue weighted by Crippen LogP contribution is -1.91. The van der Waals surface area contributed by atoms with Crippen molar-refractivity contribution < 1.29 is 8.83 Å². The minimum atomic E-state index is 0.908. The van der Waals surface area contributed by atoms with Crippen LogP contribution in [0, 0.1) is 0 Å². The molecule has 0 unspecified atom stereocenters. The predicted molar refractivity (Wildman–Crippen MR) is 227 cm³/mol. The molecule has 54 heavy (non-hydrogen) atoms. The van der Waals surface area contributed by atoms with Gasteiger partial charge in [-0.25, -0.2) is 0 Å². The first-order valence-electron chi connectivity index (χ1n) is 18.5. The first kappa shape index (κ1) is 29.4. The average molecular weight is 687 g/mol. The zero-order valence-electron chi connectivity index (χ0n) is 29.1. The van der Waals surface area contributed by atoms with E-state index in [2.05, 4.69) is 170 Å². The van der Waals surface area contributed by atoms with Crippen molar-refractivity contribution in [3.8, 4) is 33.4 Å². The Balaban J connectivity index is 1.06. The van der Waals surface area contributed by atoms with Crippen molar-refractivity contribution in [3.63, 3.8) is 0 Å². The highest BCUT2D eigenvalue weighted by Crippen LogP contribution is 2.46. The second-order valence-electron chi connectivity index (χ2n) is 14.4. The van der Waals surface area contributed by atoms with Crippen molar-refractivity contribution in [2.45, 2.75) is 0 Å². The van der Waals surface area contributed by atoms with Gasteiger partial charge in [-0.1, -0.05) is 140 Å². The van der Waals surface area contributed by atoms with Crippen molar-refractivity contribution >= 4 is 87.0 Å². The number of benzene rings is 10. The van der Waals surface area contributed by atoms with Gasteiger partial charge >= 0.3 is 0 Å². The number of para-hydroxylation sites is 1. The van der Waals surface area contributed by atoms with E-state index in [9.17, 15) is 0 Å². The average Bonchev–Trinajstić information content (AvgIpc) is 3.81. The summed E-state index contributed by atoms with van der Waals surface area (Å²) in [6.07, 6.45) is 0. The number of fused-ring (bicyclic) bond motifs is 12. The van der Waals surface area contributed by atoms with E-state index in [1.165, 1.54) is 70.9 Å². The first-order valence-corrected chi connectivity index (χ1v) is 18.5. The summed E-state index contributed by atoms with van der Waals surface area (Å²) in [6, 6.07) is 65.7. The van der Waals surface area contributed by atoms with Gasteiger partial charge in [0.2, 0.25) is 0 Å². The molecule has 0 amide bonds. The van der Waals surface area contributed by atoms with E-state index in [1.54, 1.807) is 0 Å². The maximum Gasteiger partial charge on any atom is 0.143 e. The molecule has 0 radical (unpaired) electrons. The van der Waals surface area contributed by atoms with Crippen LogP contribution in [0.3, 0.4) is 0 Å². The molecule has 12 aromatic rings. The molecule has 2 heteroatoms. The Morgan fingerprint density at radius 1 is 0.259 bits per heavy atom. The first-order chi connectivity index (χ1) is 26.8. The van der Waals surface area contributed by atoms with Gasteiger partial charge in [-0.3, -0.25) is 0 Å². The fourth-order valence-corrected chi connectivity index (χ4v) is 8.99. The molecule has 0 saturated carbocycles. The minimum absolute atomic E-state index is 0.908. The van der Waals surface area contributed by atoms with Crippen LogP contribution in [0.25, 0.3) is 120 Å². The monoisotopic (exact) mass is 686 g/mol. The Morgan fingerprint density at radius 2 is 0.778 bits per heavy atom. The molecule has 0 atom stereocenters. The van der Waals surface area contributed by atoms with Gasteiger partial charge in [-0.15, -0.1) is 0 Å². The molecule has 0 fully saturated rings. The number of hydrogen-bond acceptors (Lipinski definition) is 2. The van der Waals surface area contributed by atoms with Crippen molar-refractivity contribution in [2.24, 2.45) is 0 Å². The van der Waals surface area contributed by atoms with Gasteiger partial charge in [-0.2, -0.15) is 0 Å². The maximum absolute atomic E-state index is 6.64. The van der Waals surface area contributed by atoms with E-state index in [-0.39, 0.29) is 0 Å². The van der Waals surface area contributed by atoms with Crippen molar-refractivity contribution in [3.05, 3.63) is 182 Å². The van der Waals surface area contributed by atoms with Crippen molar-refractivity contribution in [1.82, 2.24) is 0 Å². The molecule has 2 heterocycles. The summed E-state index contributed by atoms with van der Waals surface area (Å²) in [7, 11) is 0. The number of rotatable bonds is 3. The molecule has 0 aliphatic carbocycles. The highest BCUT2D eigenvalue weighted by Gasteiger charge is 2.19. The van der Waals surface area contributed by atoms with Crippen molar-refractivity contribution in [2.75, 3.05) is 0 Å². The molecule has 250 valence electrons. The molecule has 2 aromatic heterocycles. The van der Waals surface area contributed by atoms with Gasteiger partial charge in [0.1, 0.15) is 22.3 Å². The standard InChI is InChI=1S/C52H30O2/c1-2-13-37-31(10-1)23-27-48-51(37)43-25-22-32-20-21-34(29-44(32)52(43)54-48)33-11-9-12-35(28-33)49-39-15-3-5-17-41(39)50(42-18-6-4-16-40(42)49)36-24-26-47-45(30-36)38-14-7-8-19-46(38)53-47/h1-30H. The fraction of sp³-hybridized carbons (Fsp3) is 0. The summed E-state index contributed by atoms with van der Waals surface area (Å²) in [5, 5.41) is 14.3. The predicted octanol–water partition coefficient (Wildman–Crippen LogP) is 15.1. The minimum Gasteiger partial charge on any atom is -0.456 e. The molecular weight excluding hydrogens is 657 g/mol. The molecule has 2 nitrogen and oxygen atoms in total. The molecule has 0 aliphatic heterocycles. The molecule has 0 saturated heterocycles. The highest BCUT2D eigenvalue weighted by molar-refractivity contribution is 6.24. The Labute approximate surface area is 310 Å². The van der Waals surface area contributed by atoms with Gasteiger partial charge < -0.3 is 8.83 Å². The van der Waals surface area contributed by atoms with Gasteiger partial charge in [0.15, 0.2) is 0 Å². The van der Waals surface area contributed by atoms with Crippen LogP contribution < -0.4 is 0 Å². The van der Waals surface area contributed by atoms with E-state index < -0.39 is 0 Å². The summed E-state index contributed by atoms with van der Waals surface area (Å²) >= 11 is 0. The van der Waals surface area contributed by atoms with Crippen LogP contribution in [0.15, 0.2) is 191 Å². The lowest BCUT2D eigenvalue weighted by Gasteiger charge is -2.18. The van der Waals surface area contributed by atoms with E-state index in [0.717, 1.165) is 49.4 Å². The van der Waals surface area contributed by atoms with Gasteiger partial charge in [0.25, 0.3) is 0 Å². The molecule has 12 rings (SSSR count). The Kier molecular flexibility index (Phi) is 6.09.